The molecule has 0 saturated heterocycles. The zero-order valence-electron chi connectivity index (χ0n) is 19.0. The monoisotopic (exact) mass is 459 g/mol. The summed E-state index contributed by atoms with van der Waals surface area (Å²) >= 11 is 0. The van der Waals surface area contributed by atoms with E-state index in [9.17, 15) is 9.18 Å². The summed E-state index contributed by atoms with van der Waals surface area (Å²) in [5.74, 6) is 0.641. The fourth-order valence-corrected chi connectivity index (χ4v) is 4.42. The minimum absolute atomic E-state index is 0.256. The van der Waals surface area contributed by atoms with E-state index in [4.69, 9.17) is 14.5 Å². The van der Waals surface area contributed by atoms with Crippen molar-refractivity contribution < 1.29 is 18.7 Å². The van der Waals surface area contributed by atoms with E-state index in [-0.39, 0.29) is 11.3 Å². The molecule has 34 heavy (non-hydrogen) atoms. The van der Waals surface area contributed by atoms with E-state index in [1.165, 1.54) is 50.6 Å². The molecule has 7 heteroatoms. The molecule has 0 atom stereocenters. The highest BCUT2D eigenvalue weighted by Crippen LogP contribution is 2.37. The molecule has 1 aliphatic rings. The summed E-state index contributed by atoms with van der Waals surface area (Å²) in [4.78, 5) is 17.4. The number of ether oxygens (including phenoxy) is 2. The van der Waals surface area contributed by atoms with Crippen molar-refractivity contribution >= 4 is 17.4 Å². The minimum atomic E-state index is -0.585. The summed E-state index contributed by atoms with van der Waals surface area (Å²) in [5, 5.41) is 3.72. The molecule has 0 radical (unpaired) electrons. The summed E-state index contributed by atoms with van der Waals surface area (Å²) < 4.78 is 26.3. The summed E-state index contributed by atoms with van der Waals surface area (Å²) in [6.45, 7) is 0. The predicted molar refractivity (Wildman–Crippen MR) is 129 cm³/mol. The Morgan fingerprint density at radius 1 is 1.03 bits per heavy atom. The quantitative estimate of drug-likeness (QED) is 0.278. The van der Waals surface area contributed by atoms with Crippen molar-refractivity contribution in [2.75, 3.05) is 12.4 Å². The van der Waals surface area contributed by atoms with Crippen LogP contribution in [0.4, 0.5) is 10.2 Å². The van der Waals surface area contributed by atoms with E-state index < -0.39 is 11.8 Å². The molecule has 4 aromatic rings. The second-order valence-corrected chi connectivity index (χ2v) is 8.48. The van der Waals surface area contributed by atoms with Gasteiger partial charge in [-0.15, -0.1) is 0 Å². The molecular formula is C27H26FN3O3. The van der Waals surface area contributed by atoms with Crippen LogP contribution in [0.15, 0.2) is 66.9 Å². The SMILES string of the molecule is COc1cc(-c2nc3ccccn3c2NC2CCCCC2)ccc1OC(=O)c1ccc(F)cc1. The van der Waals surface area contributed by atoms with Gasteiger partial charge < -0.3 is 14.8 Å². The van der Waals surface area contributed by atoms with Crippen molar-refractivity contribution in [2.24, 2.45) is 0 Å². The first-order valence-corrected chi connectivity index (χ1v) is 11.5. The van der Waals surface area contributed by atoms with E-state index in [2.05, 4.69) is 9.72 Å². The van der Waals surface area contributed by atoms with Crippen molar-refractivity contribution in [3.05, 3.63) is 78.2 Å². The van der Waals surface area contributed by atoms with Crippen molar-refractivity contribution in [3.8, 4) is 22.8 Å². The van der Waals surface area contributed by atoms with Crippen molar-refractivity contribution in [2.45, 2.75) is 38.1 Å². The van der Waals surface area contributed by atoms with Gasteiger partial charge in [0.15, 0.2) is 11.5 Å². The molecule has 0 spiro atoms. The number of benzene rings is 2. The molecule has 1 N–H and O–H groups in total. The lowest BCUT2D eigenvalue weighted by Gasteiger charge is -2.24. The van der Waals surface area contributed by atoms with Crippen molar-refractivity contribution in [1.82, 2.24) is 9.38 Å². The first-order chi connectivity index (χ1) is 16.6. The number of pyridine rings is 1. The molecule has 2 heterocycles. The summed E-state index contributed by atoms with van der Waals surface area (Å²) in [6, 6.07) is 16.9. The first-order valence-electron chi connectivity index (χ1n) is 11.5. The van der Waals surface area contributed by atoms with Crippen LogP contribution in [0.3, 0.4) is 0 Å². The molecule has 0 bridgehead atoms. The number of carbonyl (C=O) groups is 1. The van der Waals surface area contributed by atoms with Gasteiger partial charge in [0.05, 0.1) is 12.7 Å². The van der Waals surface area contributed by atoms with Crippen LogP contribution in [0.2, 0.25) is 0 Å². The normalized spacial score (nSPS) is 14.2. The smallest absolute Gasteiger partial charge is 0.343 e. The molecule has 1 fully saturated rings. The lowest BCUT2D eigenvalue weighted by atomic mass is 9.95. The number of aromatic nitrogens is 2. The third-order valence-corrected chi connectivity index (χ3v) is 6.20. The number of nitrogens with one attached hydrogen (secondary N) is 1. The lowest BCUT2D eigenvalue weighted by Crippen LogP contribution is -2.23. The number of esters is 1. The second kappa shape index (κ2) is 9.55. The highest BCUT2D eigenvalue weighted by Gasteiger charge is 2.21. The molecule has 174 valence electrons. The fourth-order valence-electron chi connectivity index (χ4n) is 4.42. The molecule has 0 unspecified atom stereocenters. The Bertz CT molecular complexity index is 1310. The van der Waals surface area contributed by atoms with Gasteiger partial charge in [0.1, 0.15) is 23.0 Å². The van der Waals surface area contributed by atoms with Gasteiger partial charge in [0.2, 0.25) is 0 Å². The van der Waals surface area contributed by atoms with Gasteiger partial charge in [0.25, 0.3) is 0 Å². The maximum atomic E-state index is 13.2. The van der Waals surface area contributed by atoms with Crippen molar-refractivity contribution in [1.29, 1.82) is 0 Å². The number of methoxy groups -OCH3 is 1. The van der Waals surface area contributed by atoms with Gasteiger partial charge in [-0.1, -0.05) is 25.3 Å². The Hall–Kier alpha value is -3.87. The van der Waals surface area contributed by atoms with E-state index in [0.717, 1.165) is 35.6 Å². The molecule has 0 aliphatic heterocycles. The minimum Gasteiger partial charge on any atom is -0.493 e. The average Bonchev–Trinajstić information content (AvgIpc) is 3.23. The second-order valence-electron chi connectivity index (χ2n) is 8.48. The molecule has 5 rings (SSSR count). The highest BCUT2D eigenvalue weighted by atomic mass is 19.1. The van der Waals surface area contributed by atoms with Crippen LogP contribution in [0.5, 0.6) is 11.5 Å². The zero-order chi connectivity index (χ0) is 23.5. The molecule has 0 amide bonds. The number of halogens is 1. The van der Waals surface area contributed by atoms with Crippen LogP contribution in [0.25, 0.3) is 16.9 Å². The van der Waals surface area contributed by atoms with Gasteiger partial charge >= 0.3 is 5.97 Å². The van der Waals surface area contributed by atoms with Gasteiger partial charge in [0, 0.05) is 17.8 Å². The van der Waals surface area contributed by atoms with Crippen LogP contribution in [-0.4, -0.2) is 28.5 Å². The number of fused-ring (bicyclic) bond motifs is 1. The Morgan fingerprint density at radius 2 is 1.82 bits per heavy atom. The molecule has 1 aliphatic carbocycles. The van der Waals surface area contributed by atoms with Gasteiger partial charge in [-0.25, -0.2) is 14.2 Å². The lowest BCUT2D eigenvalue weighted by molar-refractivity contribution is 0.0729. The van der Waals surface area contributed by atoms with Gasteiger partial charge in [-0.2, -0.15) is 0 Å². The molecule has 2 aromatic heterocycles. The van der Waals surface area contributed by atoms with Gasteiger partial charge in [-0.3, -0.25) is 4.40 Å². The fraction of sp³-hybridized carbons (Fsp3) is 0.259. The van der Waals surface area contributed by atoms with E-state index in [1.54, 1.807) is 6.07 Å². The van der Waals surface area contributed by atoms with Crippen molar-refractivity contribution in [3.63, 3.8) is 0 Å². The van der Waals surface area contributed by atoms with E-state index >= 15 is 0 Å². The van der Waals surface area contributed by atoms with E-state index in [1.807, 2.05) is 36.5 Å². The number of hydrogen-bond acceptors (Lipinski definition) is 5. The summed E-state index contributed by atoms with van der Waals surface area (Å²) in [6.07, 6.45) is 8.03. The number of rotatable bonds is 6. The number of nitrogens with zero attached hydrogens (tertiary/aromatic N) is 2. The number of imidazole rings is 1. The van der Waals surface area contributed by atoms with Crippen LogP contribution in [0, 0.1) is 5.82 Å². The molecule has 6 nitrogen and oxygen atoms in total. The number of hydrogen-bond donors (Lipinski definition) is 1. The Morgan fingerprint density at radius 3 is 2.59 bits per heavy atom. The summed E-state index contributed by atoms with van der Waals surface area (Å²) in [5.41, 5.74) is 2.76. The number of carbonyl (C=O) groups excluding carboxylic acids is 1. The van der Waals surface area contributed by atoms with Crippen LogP contribution >= 0.6 is 0 Å². The molecule has 2 aromatic carbocycles. The average molecular weight is 460 g/mol. The third-order valence-electron chi connectivity index (χ3n) is 6.20. The van der Waals surface area contributed by atoms with Gasteiger partial charge in [-0.05, 0) is 67.4 Å². The maximum Gasteiger partial charge on any atom is 0.343 e. The predicted octanol–water partition coefficient (Wildman–Crippen LogP) is 6.11. The zero-order valence-corrected chi connectivity index (χ0v) is 19.0. The first kappa shape index (κ1) is 21.9. The number of anilines is 1. The summed E-state index contributed by atoms with van der Waals surface area (Å²) in [7, 11) is 1.53. The Balaban J connectivity index is 1.47. The Kier molecular flexibility index (Phi) is 6.16. The van der Waals surface area contributed by atoms with Crippen LogP contribution in [-0.2, 0) is 0 Å². The highest BCUT2D eigenvalue weighted by molar-refractivity contribution is 5.91. The topological polar surface area (TPSA) is 64.9 Å². The Labute approximate surface area is 197 Å². The van der Waals surface area contributed by atoms with Crippen LogP contribution in [0.1, 0.15) is 42.5 Å². The van der Waals surface area contributed by atoms with E-state index in [0.29, 0.717) is 11.8 Å². The molecular weight excluding hydrogens is 433 g/mol. The standard InChI is InChI=1S/C27H26FN3O3/c1-33-23-17-19(12-15-22(23)34-27(32)18-10-13-20(28)14-11-18)25-26(29-21-7-3-2-4-8-21)31-16-6-5-9-24(31)30-25/h5-6,9-17,21,29H,2-4,7-8H2,1H3. The maximum absolute atomic E-state index is 13.2. The van der Waals surface area contributed by atoms with Crippen LogP contribution < -0.4 is 14.8 Å². The largest absolute Gasteiger partial charge is 0.493 e. The third kappa shape index (κ3) is 4.46. The molecule has 1 saturated carbocycles.